The van der Waals surface area contributed by atoms with Gasteiger partial charge < -0.3 is 32.5 Å². The Kier molecular flexibility index (Phi) is 25.0. The van der Waals surface area contributed by atoms with Crippen LogP contribution in [0.5, 0.6) is 0 Å². The lowest BCUT2D eigenvalue weighted by molar-refractivity contribution is 0.0525. The second kappa shape index (κ2) is 37.1. The van der Waals surface area contributed by atoms with Crippen molar-refractivity contribution in [2.45, 2.75) is 95.1 Å². The van der Waals surface area contributed by atoms with Gasteiger partial charge in [-0.25, -0.2) is 13.9 Å². The maximum absolute atomic E-state index is 15.2. The molecule has 0 aliphatic heterocycles. The number of aromatic amines is 5. The highest BCUT2D eigenvalue weighted by molar-refractivity contribution is 14.1. The van der Waals surface area contributed by atoms with Gasteiger partial charge in [-0.05, 0) is 240 Å². The summed E-state index contributed by atoms with van der Waals surface area (Å²) in [5, 5.41) is 77.7. The van der Waals surface area contributed by atoms with Gasteiger partial charge in [0.05, 0.1) is 97.5 Å². The molecule has 1 unspecified atom stereocenters. The molecule has 0 radical (unpaired) electrons. The smallest absolute Gasteiger partial charge is 0.338 e. The van der Waals surface area contributed by atoms with Crippen LogP contribution in [0.15, 0.2) is 258 Å². The Morgan fingerprint density at radius 2 is 0.896 bits per heavy atom. The summed E-state index contributed by atoms with van der Waals surface area (Å²) in [4.78, 5) is 12.0. The van der Waals surface area contributed by atoms with Gasteiger partial charge >= 0.3 is 5.97 Å². The zero-order valence-electron chi connectivity index (χ0n) is 69.9. The van der Waals surface area contributed by atoms with Crippen LogP contribution in [-0.2, 0) is 17.6 Å². The number of benzene rings is 10. The quantitative estimate of drug-likeness (QED) is 0.0435. The van der Waals surface area contributed by atoms with Crippen molar-refractivity contribution in [1.29, 1.82) is 0 Å². The van der Waals surface area contributed by atoms with Gasteiger partial charge in [-0.15, -0.1) is 0 Å². The summed E-state index contributed by atoms with van der Waals surface area (Å²) >= 11 is 5.62. The minimum atomic E-state index is -0.754. The predicted octanol–water partition coefficient (Wildman–Crippen LogP) is 23.1. The molecule has 21 aromatic rings. The van der Waals surface area contributed by atoms with Crippen LogP contribution >= 0.6 is 38.5 Å². The molecule has 11 aromatic heterocycles. The average molecular weight is 1840 g/mol. The Bertz CT molecular complexity index is 7300. The molecule has 0 spiro atoms. The van der Waals surface area contributed by atoms with E-state index in [2.05, 4.69) is 170 Å². The second-order valence-electron chi connectivity index (χ2n) is 30.0. The first-order chi connectivity index (χ1) is 60.6. The highest BCUT2D eigenvalue weighted by Crippen LogP contribution is 2.39. The van der Waals surface area contributed by atoms with Gasteiger partial charge in [-0.3, -0.25) is 25.5 Å². The molecule has 0 aliphatic rings. The van der Waals surface area contributed by atoms with Crippen LogP contribution in [0.1, 0.15) is 114 Å². The van der Waals surface area contributed by atoms with Crippen molar-refractivity contribution in [3.63, 3.8) is 0 Å². The molecule has 125 heavy (non-hydrogen) atoms. The van der Waals surface area contributed by atoms with E-state index in [9.17, 15) is 9.90 Å². The SMILES string of the molecule is Brc1ccc2[nH]ncc2c1.CCOC(=O)c1ccc(-n2nc(Cc3ccccc3)c3cc(-c4c(C)noc4C)ccc32)c(F)c1.Cc1noc(C)c1-c1ccc2[nH]ncc2c1.Cc1noc(C)c1-c1ccc2n[nH]c(C(O)c3ccccc3)c2c1.Cc1noc(C)c1-c1ccc2n[nH]c(Cc3ccccc3)c2c1.Cc1noc(C)c1-c1ccc2n[nH]c(I)c2c1. The van der Waals surface area contributed by atoms with Crippen molar-refractivity contribution < 1.29 is 41.6 Å². The molecule has 626 valence electrons. The number of hydrogen-bond donors (Lipinski definition) is 6. The van der Waals surface area contributed by atoms with Crippen LogP contribution in [-0.4, -0.2) is 104 Å². The number of nitrogens with zero attached hydrogens (tertiary/aromatic N) is 12. The molecule has 1 atom stereocenters. The Hall–Kier alpha value is -14.4. The zero-order chi connectivity index (χ0) is 87.1. The Labute approximate surface area is 737 Å². The number of aliphatic hydroxyl groups excluding tert-OH is 1. The lowest BCUT2D eigenvalue weighted by Gasteiger charge is -2.10. The summed E-state index contributed by atoms with van der Waals surface area (Å²) < 4.78 is 50.2. The van der Waals surface area contributed by atoms with E-state index in [1.165, 1.54) is 11.6 Å². The van der Waals surface area contributed by atoms with E-state index in [4.69, 9.17) is 32.5 Å². The third kappa shape index (κ3) is 18.3. The molecule has 0 aliphatic carbocycles. The summed E-state index contributed by atoms with van der Waals surface area (Å²) in [6.45, 7) is 21.2. The van der Waals surface area contributed by atoms with Crippen molar-refractivity contribution in [3.05, 3.63) is 341 Å². The number of aliphatic hydroxyl groups is 1. The average Bonchev–Trinajstić information content (AvgIpc) is 1.62. The van der Waals surface area contributed by atoms with E-state index in [1.807, 2.05) is 221 Å². The number of esters is 1. The summed E-state index contributed by atoms with van der Waals surface area (Å²) in [5.41, 5.74) is 26.7. The molecule has 28 heteroatoms. The number of fused-ring (bicyclic) bond motifs is 6. The van der Waals surface area contributed by atoms with Gasteiger partial charge in [0.2, 0.25) is 0 Å². The number of aromatic nitrogens is 17. The Morgan fingerprint density at radius 3 is 1.41 bits per heavy atom. The third-order valence-corrected chi connectivity index (χ3v) is 22.8. The minimum Gasteiger partial charge on any atom is -0.462 e. The van der Waals surface area contributed by atoms with E-state index in [1.54, 1.807) is 29.9 Å². The second-order valence-corrected chi connectivity index (χ2v) is 32.0. The summed E-state index contributed by atoms with van der Waals surface area (Å²) in [7, 11) is 0. The topological polar surface area (TPSA) is 338 Å². The van der Waals surface area contributed by atoms with Crippen molar-refractivity contribution >= 4 is 110 Å². The van der Waals surface area contributed by atoms with Crippen LogP contribution < -0.4 is 0 Å². The van der Waals surface area contributed by atoms with E-state index in [-0.39, 0.29) is 17.9 Å². The van der Waals surface area contributed by atoms with Crippen LogP contribution in [0.4, 0.5) is 4.39 Å². The molecule has 0 saturated heterocycles. The van der Waals surface area contributed by atoms with Crippen LogP contribution in [0.2, 0.25) is 0 Å². The molecule has 0 bridgehead atoms. The molecule has 11 heterocycles. The monoisotopic (exact) mass is 1840 g/mol. The fourth-order valence-electron chi connectivity index (χ4n) is 15.4. The Balaban J connectivity index is 0.000000115. The van der Waals surface area contributed by atoms with Gasteiger partial charge in [0.1, 0.15) is 50.1 Å². The summed E-state index contributed by atoms with van der Waals surface area (Å²) in [6, 6.07) is 70.8. The fourth-order valence-corrected chi connectivity index (χ4v) is 16.4. The van der Waals surface area contributed by atoms with E-state index in [0.717, 1.165) is 215 Å². The van der Waals surface area contributed by atoms with Gasteiger partial charge in [-0.1, -0.05) is 163 Å². The number of nitrogens with one attached hydrogen (secondary N) is 5. The van der Waals surface area contributed by atoms with Crippen molar-refractivity contribution in [2.75, 3.05) is 6.61 Å². The molecule has 25 nitrogen and oxygen atoms in total. The zero-order valence-corrected chi connectivity index (χ0v) is 73.7. The number of rotatable bonds is 14. The first-order valence-corrected chi connectivity index (χ1v) is 42.0. The molecule has 6 N–H and O–H groups in total. The van der Waals surface area contributed by atoms with Crippen molar-refractivity contribution in [2.24, 2.45) is 0 Å². The maximum Gasteiger partial charge on any atom is 0.338 e. The number of halogens is 3. The molecule has 21 rings (SSSR count). The van der Waals surface area contributed by atoms with Gasteiger partial charge in [0, 0.05) is 83.1 Å². The largest absolute Gasteiger partial charge is 0.462 e. The molecular weight excluding hydrogens is 1760 g/mol. The fraction of sp³-hybridized carbons (Fsp3) is 0.155. The highest BCUT2D eigenvalue weighted by atomic mass is 127. The van der Waals surface area contributed by atoms with Crippen molar-refractivity contribution in [3.8, 4) is 61.3 Å². The van der Waals surface area contributed by atoms with E-state index in [0.29, 0.717) is 12.1 Å². The number of ether oxygens (including phenoxy) is 1. The minimum absolute atomic E-state index is 0.162. The van der Waals surface area contributed by atoms with Crippen molar-refractivity contribution in [1.82, 2.24) is 86.6 Å². The molecule has 10 aromatic carbocycles. The summed E-state index contributed by atoms with van der Waals surface area (Å²) in [6.07, 6.45) is 4.29. The molecule has 0 amide bonds. The van der Waals surface area contributed by atoms with Crippen LogP contribution in [0.25, 0.3) is 127 Å². The Morgan fingerprint density at radius 1 is 0.464 bits per heavy atom. The van der Waals surface area contributed by atoms with E-state index >= 15 is 4.39 Å². The third-order valence-electron chi connectivity index (χ3n) is 21.4. The van der Waals surface area contributed by atoms with Gasteiger partial charge in [0.15, 0.2) is 0 Å². The molecule has 0 fully saturated rings. The lowest BCUT2D eigenvalue weighted by atomic mass is 9.99. The molecular formula is C97H84BrFIN17O8. The number of carbonyl (C=O) groups excluding carboxylic acids is 1. The van der Waals surface area contributed by atoms with Crippen LogP contribution in [0.3, 0.4) is 0 Å². The standard InChI is InChI=1S/C28H24FN3O3.C19H17N3O2.C19H17N3O.C12H10IN3O.C12H11N3O.C7H5BrN2/c1-4-34-28(33)21-11-13-26(23(29)16-21)32-25-12-10-20(27-17(2)31-35-18(27)3)15-22(25)24(30-32)14-19-8-6-5-7-9-19;1-11-17(12(2)24-22-11)14-8-9-16-15(10-14)18(21-20-16)19(23)13-6-4-3-5-7-13;1-12-19(13(2)23-22-12)15-8-9-17-16(11-15)18(21-20-17)10-14-6-4-3-5-7-14;1-6-11(7(2)17-16-6)8-3-4-10-9(5-8)12(13)15-14-10;1-7-12(8(2)16-15-7)9-3-4-11-10(5-9)6-13-14-11;8-6-1-2-7-5(3-6)4-9-10-7/h5-13,15-16H,4,14H2,1-3H3;3-10,19,23H,1-2H3,(H,20,21);3-9,11H,10H2,1-2H3,(H,20,21);3-5H,1-2H3,(H,14,15);3-6H,1-2H3,(H,13,14);1-4H,(H,9,10). The number of hydrogen-bond acceptors (Lipinski definition) is 19. The van der Waals surface area contributed by atoms with Gasteiger partial charge in [0.25, 0.3) is 0 Å². The number of H-pyrrole nitrogens is 5. The summed E-state index contributed by atoms with van der Waals surface area (Å²) in [5.74, 6) is 2.94. The molecule has 0 saturated carbocycles. The highest BCUT2D eigenvalue weighted by Gasteiger charge is 2.24. The first-order valence-electron chi connectivity index (χ1n) is 40.2. The normalized spacial score (nSPS) is 11.4. The van der Waals surface area contributed by atoms with E-state index < -0.39 is 17.9 Å². The number of aryl methyl sites for hydroxylation is 10. The van der Waals surface area contributed by atoms with Gasteiger partial charge in [-0.2, -0.15) is 30.6 Å². The first kappa shape index (κ1) is 84.3. The lowest BCUT2D eigenvalue weighted by Crippen LogP contribution is -2.07. The predicted molar refractivity (Wildman–Crippen MR) is 492 cm³/mol. The van der Waals surface area contributed by atoms with Crippen LogP contribution in [0, 0.1) is 78.8 Å². The maximum atomic E-state index is 15.2. The number of carbonyl (C=O) groups is 1.